The van der Waals surface area contributed by atoms with E-state index < -0.39 is 10.0 Å². The molecule has 0 spiro atoms. The van der Waals surface area contributed by atoms with Crippen molar-refractivity contribution in [2.24, 2.45) is 0 Å². The highest BCUT2D eigenvalue weighted by atomic mass is 35.5. The van der Waals surface area contributed by atoms with E-state index in [2.05, 4.69) is 5.32 Å². The number of ether oxygens (including phenoxy) is 1. The largest absolute Gasteiger partial charge is 0.376 e. The first kappa shape index (κ1) is 19.7. The Hall–Kier alpha value is -2.09. The Morgan fingerprint density at radius 2 is 1.85 bits per heavy atom. The fraction of sp³-hybridized carbons (Fsp3) is 0.316. The molecule has 1 N–H and O–H groups in total. The second-order valence-electron chi connectivity index (χ2n) is 6.24. The number of nitrogens with one attached hydrogen (secondary N) is 1. The summed E-state index contributed by atoms with van der Waals surface area (Å²) in [4.78, 5) is 12.5. The highest BCUT2D eigenvalue weighted by Crippen LogP contribution is 2.25. The molecule has 2 aromatic carbocycles. The molecule has 0 bridgehead atoms. The molecule has 3 rings (SSSR count). The number of hydrogen-bond donors (Lipinski definition) is 1. The molecule has 1 amide bonds. The maximum Gasteiger partial charge on any atom is 0.264 e. The first-order chi connectivity index (χ1) is 13.0. The SMILES string of the molecule is O=C(CN(c1ccc(Cl)cc1)S(=O)(=O)c1ccccc1)NC[C@@H]1CCCO1. The summed E-state index contributed by atoms with van der Waals surface area (Å²) in [6.45, 7) is 0.740. The smallest absolute Gasteiger partial charge is 0.264 e. The molecule has 27 heavy (non-hydrogen) atoms. The van der Waals surface area contributed by atoms with Crippen LogP contribution in [0.4, 0.5) is 5.69 Å². The number of rotatable bonds is 7. The van der Waals surface area contributed by atoms with Gasteiger partial charge >= 0.3 is 0 Å². The zero-order chi connectivity index (χ0) is 19.3. The number of amides is 1. The van der Waals surface area contributed by atoms with Crippen LogP contribution >= 0.6 is 11.6 Å². The zero-order valence-electron chi connectivity index (χ0n) is 14.7. The van der Waals surface area contributed by atoms with Crippen molar-refractivity contribution in [2.45, 2.75) is 23.8 Å². The van der Waals surface area contributed by atoms with Gasteiger partial charge in [-0.1, -0.05) is 29.8 Å². The molecule has 0 unspecified atom stereocenters. The minimum absolute atomic E-state index is 0.0105. The van der Waals surface area contributed by atoms with Crippen LogP contribution < -0.4 is 9.62 Å². The molecule has 6 nitrogen and oxygen atoms in total. The van der Waals surface area contributed by atoms with Crippen LogP contribution in [0.15, 0.2) is 59.5 Å². The topological polar surface area (TPSA) is 75.7 Å². The average molecular weight is 409 g/mol. The third-order valence-corrected chi connectivity index (χ3v) is 6.32. The van der Waals surface area contributed by atoms with Crippen LogP contribution in [0.3, 0.4) is 0 Å². The number of halogens is 1. The summed E-state index contributed by atoms with van der Waals surface area (Å²) in [5.41, 5.74) is 0.371. The maximum absolute atomic E-state index is 13.1. The Morgan fingerprint density at radius 1 is 1.15 bits per heavy atom. The molecule has 1 aliphatic rings. The van der Waals surface area contributed by atoms with Crippen LogP contribution in [0, 0.1) is 0 Å². The van der Waals surface area contributed by atoms with E-state index in [1.54, 1.807) is 42.5 Å². The molecule has 144 valence electrons. The Labute approximate surface area is 164 Å². The van der Waals surface area contributed by atoms with Gasteiger partial charge in [-0.25, -0.2) is 8.42 Å². The number of carbonyl (C=O) groups is 1. The van der Waals surface area contributed by atoms with Gasteiger partial charge in [0.25, 0.3) is 10.0 Å². The second kappa shape index (κ2) is 8.73. The van der Waals surface area contributed by atoms with E-state index in [9.17, 15) is 13.2 Å². The molecule has 0 radical (unpaired) electrons. The normalized spacial score (nSPS) is 16.9. The van der Waals surface area contributed by atoms with E-state index in [4.69, 9.17) is 16.3 Å². The van der Waals surface area contributed by atoms with Gasteiger partial charge in [0.15, 0.2) is 0 Å². The minimum Gasteiger partial charge on any atom is -0.376 e. The van der Waals surface area contributed by atoms with Crippen LogP contribution in [0.1, 0.15) is 12.8 Å². The van der Waals surface area contributed by atoms with E-state index in [0.29, 0.717) is 23.9 Å². The highest BCUT2D eigenvalue weighted by Gasteiger charge is 2.27. The number of hydrogen-bond acceptors (Lipinski definition) is 4. The van der Waals surface area contributed by atoms with Crippen molar-refractivity contribution in [1.82, 2.24) is 5.32 Å². The third kappa shape index (κ3) is 5.00. The average Bonchev–Trinajstić information content (AvgIpc) is 3.19. The molecule has 1 aliphatic heterocycles. The predicted molar refractivity (Wildman–Crippen MR) is 104 cm³/mol. The van der Waals surface area contributed by atoms with Crippen molar-refractivity contribution < 1.29 is 17.9 Å². The van der Waals surface area contributed by atoms with Gasteiger partial charge in [0.05, 0.1) is 16.7 Å². The summed E-state index contributed by atoms with van der Waals surface area (Å²) in [7, 11) is -3.90. The molecule has 0 aromatic heterocycles. The lowest BCUT2D eigenvalue weighted by Gasteiger charge is -2.24. The van der Waals surface area contributed by atoms with Crippen LogP contribution in [0.5, 0.6) is 0 Å². The molecule has 2 aromatic rings. The Balaban J connectivity index is 1.81. The van der Waals surface area contributed by atoms with E-state index in [-0.39, 0.29) is 23.5 Å². The van der Waals surface area contributed by atoms with E-state index >= 15 is 0 Å². The molecule has 1 fully saturated rings. The highest BCUT2D eigenvalue weighted by molar-refractivity contribution is 7.92. The van der Waals surface area contributed by atoms with Crippen molar-refractivity contribution in [2.75, 3.05) is 24.0 Å². The Bertz CT molecular complexity index is 866. The first-order valence-corrected chi connectivity index (χ1v) is 10.5. The predicted octanol–water partition coefficient (Wildman–Crippen LogP) is 2.83. The van der Waals surface area contributed by atoms with Gasteiger partial charge in [-0.05, 0) is 49.2 Å². The molecule has 0 aliphatic carbocycles. The summed E-state index contributed by atoms with van der Waals surface area (Å²) < 4.78 is 32.8. The molecule has 1 heterocycles. The van der Waals surface area contributed by atoms with Crippen molar-refractivity contribution in [3.05, 3.63) is 59.6 Å². The van der Waals surface area contributed by atoms with Gasteiger partial charge < -0.3 is 10.1 Å². The molecule has 8 heteroatoms. The summed E-state index contributed by atoms with van der Waals surface area (Å²) in [6.07, 6.45) is 1.85. The molecular weight excluding hydrogens is 388 g/mol. The van der Waals surface area contributed by atoms with Crippen molar-refractivity contribution >= 4 is 33.2 Å². The van der Waals surface area contributed by atoms with Gasteiger partial charge in [-0.2, -0.15) is 0 Å². The van der Waals surface area contributed by atoms with Crippen molar-refractivity contribution in [3.8, 4) is 0 Å². The first-order valence-electron chi connectivity index (χ1n) is 8.68. The van der Waals surface area contributed by atoms with E-state index in [0.717, 1.165) is 17.1 Å². The van der Waals surface area contributed by atoms with Crippen LogP contribution in [0.25, 0.3) is 0 Å². The fourth-order valence-electron chi connectivity index (χ4n) is 2.86. The Kier molecular flexibility index (Phi) is 6.36. The summed E-state index contributed by atoms with van der Waals surface area (Å²) in [5, 5.41) is 3.25. The van der Waals surface area contributed by atoms with Gasteiger partial charge in [0, 0.05) is 18.2 Å². The number of carbonyl (C=O) groups excluding carboxylic acids is 1. The van der Waals surface area contributed by atoms with Crippen LogP contribution in [-0.2, 0) is 19.6 Å². The maximum atomic E-state index is 13.1. The number of sulfonamides is 1. The van der Waals surface area contributed by atoms with Gasteiger partial charge in [-0.15, -0.1) is 0 Å². The fourth-order valence-corrected chi connectivity index (χ4v) is 4.43. The third-order valence-electron chi connectivity index (χ3n) is 4.28. The lowest BCUT2D eigenvalue weighted by atomic mass is 10.2. The van der Waals surface area contributed by atoms with Crippen LogP contribution in [-0.4, -0.2) is 40.1 Å². The quantitative estimate of drug-likeness (QED) is 0.764. The number of nitrogens with zero attached hydrogens (tertiary/aromatic N) is 1. The standard InChI is InChI=1S/C19H21ClN2O4S/c20-15-8-10-16(11-9-15)22(27(24,25)18-6-2-1-3-7-18)14-19(23)21-13-17-5-4-12-26-17/h1-3,6-11,17H,4-5,12-14H2,(H,21,23)/t17-/m0/s1. The molecule has 1 saturated heterocycles. The number of benzene rings is 2. The summed E-state index contributed by atoms with van der Waals surface area (Å²) in [6, 6.07) is 14.4. The number of anilines is 1. The van der Waals surface area contributed by atoms with Gasteiger partial charge in [0.1, 0.15) is 6.54 Å². The molecular formula is C19H21ClN2O4S. The second-order valence-corrected chi connectivity index (χ2v) is 8.54. The van der Waals surface area contributed by atoms with Gasteiger partial charge in [-0.3, -0.25) is 9.10 Å². The van der Waals surface area contributed by atoms with Gasteiger partial charge in [0.2, 0.25) is 5.91 Å². The molecule has 1 atom stereocenters. The Morgan fingerprint density at radius 3 is 2.48 bits per heavy atom. The van der Waals surface area contributed by atoms with Crippen molar-refractivity contribution in [1.29, 1.82) is 0 Å². The summed E-state index contributed by atoms with van der Waals surface area (Å²) >= 11 is 5.91. The van der Waals surface area contributed by atoms with Crippen molar-refractivity contribution in [3.63, 3.8) is 0 Å². The monoisotopic (exact) mass is 408 g/mol. The minimum atomic E-state index is -3.90. The molecule has 0 saturated carbocycles. The van der Waals surface area contributed by atoms with E-state index in [1.165, 1.54) is 12.1 Å². The zero-order valence-corrected chi connectivity index (χ0v) is 16.2. The summed E-state index contributed by atoms with van der Waals surface area (Å²) in [5.74, 6) is -0.389. The lowest BCUT2D eigenvalue weighted by Crippen LogP contribution is -2.42. The lowest BCUT2D eigenvalue weighted by molar-refractivity contribution is -0.120. The van der Waals surface area contributed by atoms with E-state index in [1.807, 2.05) is 0 Å². The van der Waals surface area contributed by atoms with Crippen LogP contribution in [0.2, 0.25) is 5.02 Å².